The summed E-state index contributed by atoms with van der Waals surface area (Å²) in [6.07, 6.45) is 4.34. The SMILES string of the molecule is Cc1c(Oc2ccc(C=O)cc2)ncnc1OC1CCNCC1. The van der Waals surface area contributed by atoms with Gasteiger partial charge >= 0.3 is 0 Å². The maximum absolute atomic E-state index is 10.7. The highest BCUT2D eigenvalue weighted by molar-refractivity contribution is 5.74. The van der Waals surface area contributed by atoms with Crippen molar-refractivity contribution in [3.05, 3.63) is 41.7 Å². The van der Waals surface area contributed by atoms with Crippen molar-refractivity contribution in [3.8, 4) is 17.5 Å². The highest BCUT2D eigenvalue weighted by Crippen LogP contribution is 2.28. The molecule has 0 spiro atoms. The minimum Gasteiger partial charge on any atom is -0.474 e. The Morgan fingerprint density at radius 2 is 1.83 bits per heavy atom. The molecular formula is C17H19N3O3. The lowest BCUT2D eigenvalue weighted by molar-refractivity contribution is 0.112. The van der Waals surface area contributed by atoms with E-state index in [2.05, 4.69) is 15.3 Å². The van der Waals surface area contributed by atoms with Gasteiger partial charge < -0.3 is 14.8 Å². The number of hydrogen-bond acceptors (Lipinski definition) is 6. The van der Waals surface area contributed by atoms with Gasteiger partial charge in [0.25, 0.3) is 0 Å². The van der Waals surface area contributed by atoms with E-state index in [1.165, 1.54) is 6.33 Å². The average molecular weight is 313 g/mol. The number of piperidine rings is 1. The van der Waals surface area contributed by atoms with Crippen LogP contribution in [0.3, 0.4) is 0 Å². The highest BCUT2D eigenvalue weighted by Gasteiger charge is 2.18. The second-order valence-corrected chi connectivity index (χ2v) is 5.47. The van der Waals surface area contributed by atoms with Crippen LogP contribution in [0.4, 0.5) is 0 Å². The van der Waals surface area contributed by atoms with Crippen LogP contribution in [-0.4, -0.2) is 35.4 Å². The molecular weight excluding hydrogens is 294 g/mol. The molecule has 1 aromatic heterocycles. The topological polar surface area (TPSA) is 73.3 Å². The molecule has 1 aliphatic rings. The van der Waals surface area contributed by atoms with Crippen LogP contribution < -0.4 is 14.8 Å². The van der Waals surface area contributed by atoms with Crippen molar-refractivity contribution in [1.29, 1.82) is 0 Å². The van der Waals surface area contributed by atoms with Gasteiger partial charge in [0, 0.05) is 5.56 Å². The van der Waals surface area contributed by atoms with Gasteiger partial charge in [-0.25, -0.2) is 9.97 Å². The van der Waals surface area contributed by atoms with E-state index >= 15 is 0 Å². The molecule has 0 atom stereocenters. The second kappa shape index (κ2) is 7.19. The molecule has 0 saturated carbocycles. The maximum Gasteiger partial charge on any atom is 0.229 e. The van der Waals surface area contributed by atoms with Crippen LogP contribution in [0.2, 0.25) is 0 Å². The van der Waals surface area contributed by atoms with Crippen LogP contribution in [0, 0.1) is 6.92 Å². The standard InChI is InChI=1S/C17H19N3O3/c1-12-16(22-14-4-2-13(10-21)3-5-14)19-11-20-17(12)23-15-6-8-18-9-7-15/h2-5,10-11,15,18H,6-9H2,1H3. The summed E-state index contributed by atoms with van der Waals surface area (Å²) in [5.74, 6) is 1.64. The minimum atomic E-state index is 0.171. The first kappa shape index (κ1) is 15.4. The molecule has 3 rings (SSSR count). The average Bonchev–Trinajstić information content (AvgIpc) is 2.60. The largest absolute Gasteiger partial charge is 0.474 e. The number of aromatic nitrogens is 2. The van der Waals surface area contributed by atoms with Crippen LogP contribution in [0.25, 0.3) is 0 Å². The molecule has 0 bridgehead atoms. The Hall–Kier alpha value is -2.47. The van der Waals surface area contributed by atoms with Gasteiger partial charge in [-0.2, -0.15) is 0 Å². The number of carbonyl (C=O) groups is 1. The van der Waals surface area contributed by atoms with E-state index in [0.29, 0.717) is 23.1 Å². The molecule has 1 aromatic carbocycles. The molecule has 2 aromatic rings. The van der Waals surface area contributed by atoms with Crippen molar-refractivity contribution in [3.63, 3.8) is 0 Å². The van der Waals surface area contributed by atoms with Crippen molar-refractivity contribution in [2.45, 2.75) is 25.9 Å². The molecule has 1 N–H and O–H groups in total. The molecule has 0 radical (unpaired) electrons. The lowest BCUT2D eigenvalue weighted by atomic mass is 10.1. The van der Waals surface area contributed by atoms with E-state index in [-0.39, 0.29) is 6.10 Å². The zero-order chi connectivity index (χ0) is 16.1. The summed E-state index contributed by atoms with van der Waals surface area (Å²) in [5, 5.41) is 3.31. The molecule has 0 unspecified atom stereocenters. The Morgan fingerprint density at radius 3 is 2.52 bits per heavy atom. The fourth-order valence-corrected chi connectivity index (χ4v) is 2.44. The summed E-state index contributed by atoms with van der Waals surface area (Å²) >= 11 is 0. The molecule has 0 aliphatic carbocycles. The summed E-state index contributed by atoms with van der Waals surface area (Å²) in [7, 11) is 0. The van der Waals surface area contributed by atoms with Gasteiger partial charge in [-0.05, 0) is 57.1 Å². The van der Waals surface area contributed by atoms with Crippen molar-refractivity contribution in [2.75, 3.05) is 13.1 Å². The summed E-state index contributed by atoms with van der Waals surface area (Å²) < 4.78 is 11.8. The Bertz CT molecular complexity index is 667. The van der Waals surface area contributed by atoms with E-state index in [9.17, 15) is 4.79 Å². The zero-order valence-corrected chi connectivity index (χ0v) is 13.0. The molecule has 1 aliphatic heterocycles. The van der Waals surface area contributed by atoms with Gasteiger partial charge in [0.2, 0.25) is 11.8 Å². The summed E-state index contributed by atoms with van der Waals surface area (Å²) in [6.45, 7) is 3.80. The Labute approximate surface area is 134 Å². The molecule has 1 saturated heterocycles. The number of carbonyl (C=O) groups excluding carboxylic acids is 1. The van der Waals surface area contributed by atoms with Gasteiger partial charge in [0.05, 0.1) is 5.56 Å². The number of rotatable bonds is 5. The van der Waals surface area contributed by atoms with Crippen molar-refractivity contribution in [2.24, 2.45) is 0 Å². The van der Waals surface area contributed by atoms with Crippen molar-refractivity contribution < 1.29 is 14.3 Å². The normalized spacial score (nSPS) is 15.2. The minimum absolute atomic E-state index is 0.171. The lowest BCUT2D eigenvalue weighted by Gasteiger charge is -2.24. The molecule has 6 heteroatoms. The van der Waals surface area contributed by atoms with Crippen LogP contribution in [0.5, 0.6) is 17.5 Å². The van der Waals surface area contributed by atoms with E-state index < -0.39 is 0 Å². The Kier molecular flexibility index (Phi) is 4.83. The Morgan fingerprint density at radius 1 is 1.13 bits per heavy atom. The first-order valence-electron chi connectivity index (χ1n) is 7.68. The van der Waals surface area contributed by atoms with Gasteiger partial charge in [-0.3, -0.25) is 4.79 Å². The number of nitrogens with one attached hydrogen (secondary N) is 1. The molecule has 23 heavy (non-hydrogen) atoms. The summed E-state index contributed by atoms with van der Waals surface area (Å²) in [6, 6.07) is 6.87. The van der Waals surface area contributed by atoms with E-state index in [1.54, 1.807) is 24.3 Å². The highest BCUT2D eigenvalue weighted by atomic mass is 16.5. The van der Waals surface area contributed by atoms with E-state index in [1.807, 2.05) is 6.92 Å². The van der Waals surface area contributed by atoms with Crippen LogP contribution in [-0.2, 0) is 0 Å². The van der Waals surface area contributed by atoms with Gasteiger partial charge in [0.1, 0.15) is 24.5 Å². The van der Waals surface area contributed by atoms with Crippen LogP contribution in [0.1, 0.15) is 28.8 Å². The zero-order valence-electron chi connectivity index (χ0n) is 13.0. The third-order valence-corrected chi connectivity index (χ3v) is 3.79. The third-order valence-electron chi connectivity index (χ3n) is 3.79. The number of ether oxygens (including phenoxy) is 2. The van der Waals surface area contributed by atoms with Gasteiger partial charge in [0.15, 0.2) is 0 Å². The fraction of sp³-hybridized carbons (Fsp3) is 0.353. The second-order valence-electron chi connectivity index (χ2n) is 5.47. The molecule has 0 amide bonds. The molecule has 2 heterocycles. The van der Waals surface area contributed by atoms with E-state index in [0.717, 1.165) is 37.8 Å². The predicted octanol–water partition coefficient (Wildman–Crippen LogP) is 2.52. The number of benzene rings is 1. The number of nitrogens with zero attached hydrogens (tertiary/aromatic N) is 2. The smallest absolute Gasteiger partial charge is 0.229 e. The van der Waals surface area contributed by atoms with Crippen molar-refractivity contribution >= 4 is 6.29 Å². The Balaban J connectivity index is 1.74. The van der Waals surface area contributed by atoms with Gasteiger partial charge in [-0.15, -0.1) is 0 Å². The first-order valence-corrected chi connectivity index (χ1v) is 7.68. The maximum atomic E-state index is 10.7. The monoisotopic (exact) mass is 313 g/mol. The first-order chi connectivity index (χ1) is 11.3. The quantitative estimate of drug-likeness (QED) is 0.855. The number of hydrogen-bond donors (Lipinski definition) is 1. The molecule has 120 valence electrons. The summed E-state index contributed by atoms with van der Waals surface area (Å²) in [5.41, 5.74) is 1.37. The van der Waals surface area contributed by atoms with Crippen LogP contribution in [0.15, 0.2) is 30.6 Å². The van der Waals surface area contributed by atoms with Crippen molar-refractivity contribution in [1.82, 2.24) is 15.3 Å². The molecule has 6 nitrogen and oxygen atoms in total. The third kappa shape index (κ3) is 3.84. The predicted molar refractivity (Wildman–Crippen MR) is 85.2 cm³/mol. The lowest BCUT2D eigenvalue weighted by Crippen LogP contribution is -2.34. The summed E-state index contributed by atoms with van der Waals surface area (Å²) in [4.78, 5) is 19.1. The van der Waals surface area contributed by atoms with Crippen LogP contribution >= 0.6 is 0 Å². The number of aldehydes is 1. The molecule has 1 fully saturated rings. The van der Waals surface area contributed by atoms with E-state index in [4.69, 9.17) is 9.47 Å². The fourth-order valence-electron chi connectivity index (χ4n) is 2.44. The van der Waals surface area contributed by atoms with Gasteiger partial charge in [-0.1, -0.05) is 0 Å².